The number of aliphatic hydroxyl groups is 1. The largest absolute Gasteiger partial charge is 0.394 e. The Hall–Kier alpha value is 0.920. The van der Waals surface area contributed by atoms with E-state index in [9.17, 15) is 0 Å². The fraction of sp³-hybridized carbons (Fsp3) is 1.00. The van der Waals surface area contributed by atoms with Crippen LogP contribution in [-0.2, 0) is 4.74 Å². The van der Waals surface area contributed by atoms with Crippen molar-refractivity contribution in [3.63, 3.8) is 0 Å². The number of ether oxygens (including phenoxy) is 1. The van der Waals surface area contributed by atoms with E-state index in [1.807, 2.05) is 0 Å². The zero-order valence-corrected chi connectivity index (χ0v) is 6.27. The summed E-state index contributed by atoms with van der Waals surface area (Å²) in [6, 6.07) is 0. The van der Waals surface area contributed by atoms with Gasteiger partial charge in [-0.05, 0) is 0 Å². The summed E-state index contributed by atoms with van der Waals surface area (Å²) in [5.41, 5.74) is 0. The molecule has 0 saturated heterocycles. The third-order valence-electron chi connectivity index (χ3n) is 0.295. The van der Waals surface area contributed by atoms with Gasteiger partial charge in [0, 0.05) is 36.7 Å². The molecule has 0 spiro atoms. The summed E-state index contributed by atoms with van der Waals surface area (Å²) in [5, 5.41) is 7.94. The van der Waals surface area contributed by atoms with Crippen LogP contribution in [0.4, 0.5) is 0 Å². The molecule has 0 unspecified atom stereocenters. The maximum absolute atomic E-state index is 7.94. The molecular weight excluding hydrogens is 91.0 g/mol. The zero-order chi connectivity index (χ0) is 4.12. The van der Waals surface area contributed by atoms with Crippen LogP contribution in [0.3, 0.4) is 0 Å². The van der Waals surface area contributed by atoms with Crippen molar-refractivity contribution in [1.29, 1.82) is 0 Å². The van der Waals surface area contributed by atoms with Gasteiger partial charge in [-0.2, -0.15) is 0 Å². The van der Waals surface area contributed by atoms with Crippen LogP contribution in [-0.4, -0.2) is 55.0 Å². The predicted octanol–water partition coefficient (Wildman–Crippen LogP) is -0.756. The maximum atomic E-state index is 7.94. The van der Waals surface area contributed by atoms with Crippen LogP contribution in [0, 0.1) is 0 Å². The number of methoxy groups -OCH3 is 1. The Morgan fingerprint density at radius 2 is 2.17 bits per heavy atom. The molecule has 1 N–H and O–H groups in total. The van der Waals surface area contributed by atoms with Gasteiger partial charge in [-0.3, -0.25) is 0 Å². The van der Waals surface area contributed by atoms with E-state index in [0.717, 1.165) is 0 Å². The number of hydrogen-bond donors (Lipinski definition) is 1. The Balaban J connectivity index is 0. The van der Waals surface area contributed by atoms with E-state index in [2.05, 4.69) is 4.74 Å². The van der Waals surface area contributed by atoms with Gasteiger partial charge in [-0.1, -0.05) is 0 Å². The minimum Gasteiger partial charge on any atom is -0.394 e. The first-order chi connectivity index (χ1) is 2.41. The van der Waals surface area contributed by atoms with Crippen LogP contribution >= 0.6 is 0 Å². The smallest absolute Gasteiger partial charge is 0.0693 e. The summed E-state index contributed by atoms with van der Waals surface area (Å²) in [6.45, 7) is 0.566. The van der Waals surface area contributed by atoms with E-state index in [-0.39, 0.29) is 36.2 Å². The van der Waals surface area contributed by atoms with E-state index < -0.39 is 0 Å². The normalized spacial score (nSPS) is 7.00. The Morgan fingerprint density at radius 3 is 2.17 bits per heavy atom. The summed E-state index contributed by atoms with van der Waals surface area (Å²) < 4.78 is 4.44. The molecular formula is C3H8NaO2. The SMILES string of the molecule is COCCO.[Na]. The Kier molecular flexibility index (Phi) is 15.6. The summed E-state index contributed by atoms with van der Waals surface area (Å²) in [4.78, 5) is 0. The van der Waals surface area contributed by atoms with Gasteiger partial charge in [-0.15, -0.1) is 0 Å². The van der Waals surface area contributed by atoms with Crippen molar-refractivity contribution in [3.8, 4) is 0 Å². The van der Waals surface area contributed by atoms with Gasteiger partial charge in [0.15, 0.2) is 0 Å². The number of aliphatic hydroxyl groups excluding tert-OH is 1. The van der Waals surface area contributed by atoms with Gasteiger partial charge in [0.25, 0.3) is 0 Å². The second-order valence-corrected chi connectivity index (χ2v) is 0.716. The van der Waals surface area contributed by atoms with Gasteiger partial charge in [-0.25, -0.2) is 0 Å². The molecule has 0 bridgehead atoms. The molecule has 0 rings (SSSR count). The standard InChI is InChI=1S/C3H8O2.Na/c1-5-3-2-4;/h4H,2-3H2,1H3;. The monoisotopic (exact) mass is 99.0 g/mol. The van der Waals surface area contributed by atoms with E-state index in [0.29, 0.717) is 6.61 Å². The summed E-state index contributed by atoms with van der Waals surface area (Å²) in [6.07, 6.45) is 0. The average Bonchev–Trinajstić information content (AvgIpc) is 1.41. The molecule has 0 heterocycles. The van der Waals surface area contributed by atoms with Gasteiger partial charge in [0.05, 0.1) is 13.2 Å². The first kappa shape index (κ1) is 10.0. The van der Waals surface area contributed by atoms with Crippen LogP contribution in [0.1, 0.15) is 0 Å². The summed E-state index contributed by atoms with van der Waals surface area (Å²) in [7, 11) is 1.55. The molecule has 6 heavy (non-hydrogen) atoms. The molecule has 0 saturated carbocycles. The molecule has 0 aromatic rings. The molecule has 0 amide bonds. The van der Waals surface area contributed by atoms with E-state index in [1.54, 1.807) is 7.11 Å². The van der Waals surface area contributed by atoms with Crippen LogP contribution in [0.5, 0.6) is 0 Å². The first-order valence-corrected chi connectivity index (χ1v) is 1.51. The molecule has 0 aromatic carbocycles. The Labute approximate surface area is 59.8 Å². The third-order valence-corrected chi connectivity index (χ3v) is 0.295. The van der Waals surface area contributed by atoms with E-state index >= 15 is 0 Å². The molecule has 33 valence electrons. The van der Waals surface area contributed by atoms with Crippen molar-refractivity contribution in [2.75, 3.05) is 20.3 Å². The molecule has 0 aliphatic carbocycles. The fourth-order valence-electron chi connectivity index (χ4n) is 0.0913. The van der Waals surface area contributed by atoms with E-state index in [4.69, 9.17) is 5.11 Å². The molecule has 0 aliphatic heterocycles. The fourth-order valence-corrected chi connectivity index (χ4v) is 0.0913. The zero-order valence-electron chi connectivity index (χ0n) is 4.27. The minimum atomic E-state index is 0. The summed E-state index contributed by atoms with van der Waals surface area (Å²) >= 11 is 0. The van der Waals surface area contributed by atoms with Crippen molar-refractivity contribution in [2.24, 2.45) is 0 Å². The van der Waals surface area contributed by atoms with Crippen molar-refractivity contribution >= 4 is 29.6 Å². The average molecular weight is 99.1 g/mol. The van der Waals surface area contributed by atoms with Crippen molar-refractivity contribution in [1.82, 2.24) is 0 Å². The first-order valence-electron chi connectivity index (χ1n) is 1.51. The molecule has 0 fully saturated rings. The summed E-state index contributed by atoms with van der Waals surface area (Å²) in [5.74, 6) is 0. The predicted molar refractivity (Wildman–Crippen MR) is 24.7 cm³/mol. The van der Waals surface area contributed by atoms with Crippen molar-refractivity contribution < 1.29 is 9.84 Å². The van der Waals surface area contributed by atoms with Crippen LogP contribution in [0.25, 0.3) is 0 Å². The molecule has 0 aliphatic rings. The maximum Gasteiger partial charge on any atom is 0.0693 e. The van der Waals surface area contributed by atoms with Crippen molar-refractivity contribution in [3.05, 3.63) is 0 Å². The van der Waals surface area contributed by atoms with Gasteiger partial charge < -0.3 is 9.84 Å². The number of hydrogen-bond acceptors (Lipinski definition) is 2. The number of rotatable bonds is 2. The minimum absolute atomic E-state index is 0. The van der Waals surface area contributed by atoms with Gasteiger partial charge in [0.1, 0.15) is 0 Å². The second-order valence-electron chi connectivity index (χ2n) is 0.716. The topological polar surface area (TPSA) is 29.5 Å². The third kappa shape index (κ3) is 8.87. The quantitative estimate of drug-likeness (QED) is 0.461. The molecule has 1 radical (unpaired) electrons. The molecule has 2 nitrogen and oxygen atoms in total. The van der Waals surface area contributed by atoms with Gasteiger partial charge >= 0.3 is 0 Å². The Morgan fingerprint density at radius 1 is 1.67 bits per heavy atom. The second kappa shape index (κ2) is 9.33. The molecule has 0 aromatic heterocycles. The van der Waals surface area contributed by atoms with Gasteiger partial charge in [0.2, 0.25) is 0 Å². The molecule has 3 heteroatoms. The van der Waals surface area contributed by atoms with Crippen LogP contribution in [0.2, 0.25) is 0 Å². The molecule has 0 atom stereocenters. The van der Waals surface area contributed by atoms with Crippen molar-refractivity contribution in [2.45, 2.75) is 0 Å². The Bertz CT molecular complexity index is 16.3. The van der Waals surface area contributed by atoms with Crippen LogP contribution in [0.15, 0.2) is 0 Å². The van der Waals surface area contributed by atoms with Crippen LogP contribution < -0.4 is 0 Å². The van der Waals surface area contributed by atoms with E-state index in [1.165, 1.54) is 0 Å².